The van der Waals surface area contributed by atoms with Crippen LogP contribution in [-0.2, 0) is 20.6 Å². The molecule has 0 spiro atoms. The molecule has 2 aliphatic rings. The Morgan fingerprint density at radius 1 is 1.17 bits per heavy atom. The molecule has 2 aromatic heterocycles. The maximum Gasteiger partial charge on any atom is 0.146 e. The Hall–Kier alpha value is -1.40. The minimum absolute atomic E-state index is 0.331. The van der Waals surface area contributed by atoms with Crippen LogP contribution in [0.3, 0.4) is 0 Å². The van der Waals surface area contributed by atoms with Crippen molar-refractivity contribution in [1.82, 2.24) is 29.4 Å². The molecule has 6 nitrogen and oxygen atoms in total. The molecule has 0 bridgehead atoms. The summed E-state index contributed by atoms with van der Waals surface area (Å²) in [5.41, 5.74) is 2.21. The molecule has 0 aromatic carbocycles. The summed E-state index contributed by atoms with van der Waals surface area (Å²) in [4.78, 5) is 2.47. The van der Waals surface area contributed by atoms with Gasteiger partial charge in [-0.25, -0.2) is 0 Å². The first-order chi connectivity index (χ1) is 11.1. The zero-order valence-electron chi connectivity index (χ0n) is 14.0. The molecule has 23 heavy (non-hydrogen) atoms. The third-order valence-electron chi connectivity index (χ3n) is 5.18. The van der Waals surface area contributed by atoms with Crippen molar-refractivity contribution < 1.29 is 0 Å². The summed E-state index contributed by atoms with van der Waals surface area (Å²) in [5, 5.41) is 14.1. The van der Waals surface area contributed by atoms with Gasteiger partial charge in [0.05, 0.1) is 12.2 Å². The van der Waals surface area contributed by atoms with Gasteiger partial charge in [0.15, 0.2) is 0 Å². The van der Waals surface area contributed by atoms with E-state index in [0.717, 1.165) is 42.0 Å². The lowest BCUT2D eigenvalue weighted by atomic mass is 10.1. The van der Waals surface area contributed by atoms with Gasteiger partial charge in [-0.15, -0.1) is 10.2 Å². The van der Waals surface area contributed by atoms with Crippen LogP contribution in [0.4, 0.5) is 0 Å². The van der Waals surface area contributed by atoms with Crippen molar-refractivity contribution in [2.45, 2.75) is 51.1 Å². The van der Waals surface area contributed by atoms with E-state index in [2.05, 4.69) is 31.8 Å². The molecule has 1 aliphatic heterocycles. The molecule has 7 heteroatoms. The van der Waals surface area contributed by atoms with Gasteiger partial charge in [-0.1, -0.05) is 11.6 Å². The average Bonchev–Trinajstić information content (AvgIpc) is 3.08. The Balaban J connectivity index is 1.58. The standard InChI is InChI=1S/C16H23ClN6/c1-10-14(15(17)22(3)20-10)12-5-4-8-23(12)9-13-18-19-16(21(13)2)11-6-7-11/h11-12H,4-9H2,1-3H3/t12-/m1/s1. The van der Waals surface area contributed by atoms with Crippen LogP contribution in [0.1, 0.15) is 60.5 Å². The molecular formula is C16H23ClN6. The summed E-state index contributed by atoms with van der Waals surface area (Å²) >= 11 is 6.49. The van der Waals surface area contributed by atoms with Gasteiger partial charge in [-0.05, 0) is 39.2 Å². The van der Waals surface area contributed by atoms with Crippen molar-refractivity contribution >= 4 is 11.6 Å². The number of rotatable bonds is 4. The molecule has 4 rings (SSSR count). The molecule has 1 saturated heterocycles. The van der Waals surface area contributed by atoms with E-state index in [-0.39, 0.29) is 0 Å². The van der Waals surface area contributed by atoms with Crippen LogP contribution in [0.5, 0.6) is 0 Å². The average molecular weight is 335 g/mol. The summed E-state index contributed by atoms with van der Waals surface area (Å²) in [6.45, 7) is 3.94. The highest BCUT2D eigenvalue weighted by Gasteiger charge is 2.33. The smallest absolute Gasteiger partial charge is 0.146 e. The SMILES string of the molecule is Cc1nn(C)c(Cl)c1[C@H]1CCCN1Cc1nnc(C2CC2)n1C. The molecule has 3 heterocycles. The van der Waals surface area contributed by atoms with Gasteiger partial charge >= 0.3 is 0 Å². The molecule has 2 aromatic rings. The first-order valence-electron chi connectivity index (χ1n) is 8.37. The Labute approximate surface area is 141 Å². The number of aryl methyl sites for hydroxylation is 2. The van der Waals surface area contributed by atoms with E-state index >= 15 is 0 Å². The van der Waals surface area contributed by atoms with E-state index in [1.807, 2.05) is 14.0 Å². The van der Waals surface area contributed by atoms with E-state index in [1.165, 1.54) is 24.8 Å². The second-order valence-electron chi connectivity index (χ2n) is 6.85. The Kier molecular flexibility index (Phi) is 3.69. The molecule has 2 fully saturated rings. The molecule has 124 valence electrons. The number of aromatic nitrogens is 5. The molecule has 0 N–H and O–H groups in total. The predicted octanol–water partition coefficient (Wildman–Crippen LogP) is 2.72. The predicted molar refractivity (Wildman–Crippen MR) is 88.3 cm³/mol. The summed E-state index contributed by atoms with van der Waals surface area (Å²) in [6.07, 6.45) is 4.81. The second kappa shape index (κ2) is 5.60. The largest absolute Gasteiger partial charge is 0.317 e. The zero-order chi connectivity index (χ0) is 16.1. The highest BCUT2D eigenvalue weighted by molar-refractivity contribution is 6.30. The fourth-order valence-electron chi connectivity index (χ4n) is 3.76. The number of likely N-dealkylation sites (tertiary alicyclic amines) is 1. The van der Waals surface area contributed by atoms with Crippen molar-refractivity contribution in [3.05, 3.63) is 28.1 Å². The van der Waals surface area contributed by atoms with Crippen molar-refractivity contribution in [2.24, 2.45) is 14.1 Å². The Morgan fingerprint density at radius 2 is 1.96 bits per heavy atom. The van der Waals surface area contributed by atoms with E-state index in [9.17, 15) is 0 Å². The maximum absolute atomic E-state index is 6.49. The van der Waals surface area contributed by atoms with Crippen LogP contribution >= 0.6 is 11.6 Å². The minimum Gasteiger partial charge on any atom is -0.317 e. The number of nitrogens with zero attached hydrogens (tertiary/aromatic N) is 6. The van der Waals surface area contributed by atoms with E-state index in [4.69, 9.17) is 11.6 Å². The van der Waals surface area contributed by atoms with Gasteiger partial charge in [0.1, 0.15) is 16.8 Å². The monoisotopic (exact) mass is 334 g/mol. The van der Waals surface area contributed by atoms with Crippen LogP contribution in [0.25, 0.3) is 0 Å². The van der Waals surface area contributed by atoms with Crippen molar-refractivity contribution in [3.63, 3.8) is 0 Å². The van der Waals surface area contributed by atoms with Gasteiger partial charge in [0, 0.05) is 31.6 Å². The van der Waals surface area contributed by atoms with Crippen molar-refractivity contribution in [1.29, 1.82) is 0 Å². The highest BCUT2D eigenvalue weighted by Crippen LogP contribution is 2.40. The third kappa shape index (κ3) is 2.58. The molecule has 1 saturated carbocycles. The minimum atomic E-state index is 0.331. The van der Waals surface area contributed by atoms with E-state index in [0.29, 0.717) is 12.0 Å². The first kappa shape index (κ1) is 15.1. The zero-order valence-corrected chi connectivity index (χ0v) is 14.7. The number of hydrogen-bond donors (Lipinski definition) is 0. The van der Waals surface area contributed by atoms with E-state index in [1.54, 1.807) is 4.68 Å². The molecule has 0 amide bonds. The van der Waals surface area contributed by atoms with E-state index < -0.39 is 0 Å². The van der Waals surface area contributed by atoms with Gasteiger partial charge in [0.2, 0.25) is 0 Å². The summed E-state index contributed by atoms with van der Waals surface area (Å²) in [6, 6.07) is 0.331. The van der Waals surface area contributed by atoms with Gasteiger partial charge in [0.25, 0.3) is 0 Å². The fraction of sp³-hybridized carbons (Fsp3) is 0.688. The first-order valence-corrected chi connectivity index (χ1v) is 8.75. The van der Waals surface area contributed by atoms with Crippen LogP contribution in [0, 0.1) is 6.92 Å². The van der Waals surface area contributed by atoms with Crippen LogP contribution in [0.15, 0.2) is 0 Å². The van der Waals surface area contributed by atoms with Gasteiger partial charge in [-0.3, -0.25) is 9.58 Å². The fourth-order valence-corrected chi connectivity index (χ4v) is 4.06. The Bertz CT molecular complexity index is 729. The second-order valence-corrected chi connectivity index (χ2v) is 7.21. The molecule has 0 unspecified atom stereocenters. The van der Waals surface area contributed by atoms with Crippen molar-refractivity contribution in [3.8, 4) is 0 Å². The molecule has 0 radical (unpaired) electrons. The van der Waals surface area contributed by atoms with Crippen LogP contribution < -0.4 is 0 Å². The lowest BCUT2D eigenvalue weighted by Crippen LogP contribution is -2.25. The number of halogens is 1. The quantitative estimate of drug-likeness (QED) is 0.862. The molecule has 1 atom stereocenters. The lowest BCUT2D eigenvalue weighted by molar-refractivity contribution is 0.239. The van der Waals surface area contributed by atoms with Crippen LogP contribution in [0.2, 0.25) is 5.15 Å². The molecule has 1 aliphatic carbocycles. The number of hydrogen-bond acceptors (Lipinski definition) is 4. The van der Waals surface area contributed by atoms with Gasteiger partial charge < -0.3 is 4.57 Å². The topological polar surface area (TPSA) is 51.8 Å². The van der Waals surface area contributed by atoms with Crippen LogP contribution in [-0.4, -0.2) is 36.0 Å². The summed E-state index contributed by atoms with van der Waals surface area (Å²) in [5.74, 6) is 2.83. The normalized spacial score (nSPS) is 22.2. The maximum atomic E-state index is 6.49. The highest BCUT2D eigenvalue weighted by atomic mass is 35.5. The van der Waals surface area contributed by atoms with Gasteiger partial charge in [-0.2, -0.15) is 5.10 Å². The lowest BCUT2D eigenvalue weighted by Gasteiger charge is -2.24. The Morgan fingerprint density at radius 3 is 2.61 bits per heavy atom. The third-order valence-corrected chi connectivity index (χ3v) is 5.63. The van der Waals surface area contributed by atoms with Crippen molar-refractivity contribution in [2.75, 3.05) is 6.54 Å². The molecular weight excluding hydrogens is 312 g/mol. The summed E-state index contributed by atoms with van der Waals surface area (Å²) < 4.78 is 3.96. The summed E-state index contributed by atoms with van der Waals surface area (Å²) in [7, 11) is 4.00.